The third-order valence-corrected chi connectivity index (χ3v) is 6.46. The molecular weight excluding hydrogens is 510 g/mol. The molecule has 2 amide bonds. The minimum atomic E-state index is -0.970. The molecule has 0 saturated carbocycles. The van der Waals surface area contributed by atoms with Crippen LogP contribution in [0.25, 0.3) is 0 Å². The van der Waals surface area contributed by atoms with E-state index < -0.39 is 11.9 Å². The van der Waals surface area contributed by atoms with E-state index in [1.807, 2.05) is 28.7 Å². The lowest BCUT2D eigenvalue weighted by Gasteiger charge is -2.32. The van der Waals surface area contributed by atoms with Crippen molar-refractivity contribution in [1.29, 1.82) is 0 Å². The van der Waals surface area contributed by atoms with Crippen LogP contribution in [0.4, 0.5) is 0 Å². The van der Waals surface area contributed by atoms with E-state index in [9.17, 15) is 34.2 Å². The molecule has 0 aromatic carbocycles. The molecule has 1 fully saturated rings. The number of carbonyl (C=O) groups is 5. The summed E-state index contributed by atoms with van der Waals surface area (Å²) >= 11 is 0. The number of aldehydes is 1. The fourth-order valence-electron chi connectivity index (χ4n) is 4.18. The molecule has 1 aliphatic rings. The van der Waals surface area contributed by atoms with Gasteiger partial charge in [-0.3, -0.25) is 38.8 Å². The second-order valence-electron chi connectivity index (χ2n) is 9.84. The Bertz CT molecular complexity index is 771. The van der Waals surface area contributed by atoms with Gasteiger partial charge in [0.1, 0.15) is 6.29 Å². The monoisotopic (exact) mass is 557 g/mol. The Morgan fingerprint density at radius 1 is 0.718 bits per heavy atom. The second-order valence-corrected chi connectivity index (χ2v) is 9.84. The molecular formula is C25H47N7O7. The van der Waals surface area contributed by atoms with Crippen molar-refractivity contribution >= 4 is 30.0 Å². The van der Waals surface area contributed by atoms with E-state index in [2.05, 4.69) is 10.6 Å². The Hall–Kier alpha value is -2.65. The summed E-state index contributed by atoms with van der Waals surface area (Å²) in [5, 5.41) is 24.4. The number of nitrogens with one attached hydrogen (secondary N) is 2. The number of likely N-dealkylation sites (N-methyl/N-ethyl adjacent to an activating group) is 1. The van der Waals surface area contributed by atoms with Gasteiger partial charge in [0.15, 0.2) is 0 Å². The first kappa shape index (κ1) is 34.4. The Morgan fingerprint density at radius 3 is 1.54 bits per heavy atom. The minimum absolute atomic E-state index is 0.0384. The molecule has 1 heterocycles. The highest BCUT2D eigenvalue weighted by Crippen LogP contribution is 2.01. The standard InChI is InChI=1S/C25H47N7O7/c1-3-4-22(34)26-5-7-28(2)8-6-27-23(35)19-30-11-9-29(17-18-33)10-12-31(20-24(36)37)15-16-32(14-13-30)21-25(38)39/h18H,3-17,19-21H2,1-2H3,(H,26,34)(H,27,35)(H,36,37)(H,38,39). The summed E-state index contributed by atoms with van der Waals surface area (Å²) in [5.74, 6) is -2.04. The lowest BCUT2D eigenvalue weighted by Crippen LogP contribution is -2.49. The maximum absolute atomic E-state index is 12.7. The number of hydrogen-bond acceptors (Lipinski definition) is 10. The number of amides is 2. The molecule has 0 radical (unpaired) electrons. The first-order valence-corrected chi connectivity index (χ1v) is 13.6. The zero-order valence-corrected chi connectivity index (χ0v) is 23.5. The number of nitrogens with zero attached hydrogens (tertiary/aromatic N) is 5. The van der Waals surface area contributed by atoms with Gasteiger partial charge in [-0.25, -0.2) is 0 Å². The summed E-state index contributed by atoms with van der Waals surface area (Å²) in [6.07, 6.45) is 2.13. The van der Waals surface area contributed by atoms with Crippen molar-refractivity contribution in [2.45, 2.75) is 19.8 Å². The highest BCUT2D eigenvalue weighted by Gasteiger charge is 2.20. The normalized spacial score (nSPS) is 17.2. The number of carbonyl (C=O) groups excluding carboxylic acids is 3. The Balaban J connectivity index is 2.66. The molecule has 0 unspecified atom stereocenters. The van der Waals surface area contributed by atoms with Gasteiger partial charge in [0.05, 0.1) is 26.2 Å². The molecule has 0 spiro atoms. The molecule has 224 valence electrons. The second kappa shape index (κ2) is 20.3. The number of hydrogen-bond donors (Lipinski definition) is 4. The van der Waals surface area contributed by atoms with E-state index in [-0.39, 0.29) is 38.0 Å². The van der Waals surface area contributed by atoms with Gasteiger partial charge in [-0.05, 0) is 13.5 Å². The molecule has 14 heteroatoms. The van der Waals surface area contributed by atoms with E-state index in [0.717, 1.165) is 12.7 Å². The zero-order valence-electron chi connectivity index (χ0n) is 23.5. The quantitative estimate of drug-likeness (QED) is 0.148. The smallest absolute Gasteiger partial charge is 0.317 e. The van der Waals surface area contributed by atoms with Crippen LogP contribution in [0.15, 0.2) is 0 Å². The van der Waals surface area contributed by atoms with Gasteiger partial charge in [0.2, 0.25) is 11.8 Å². The van der Waals surface area contributed by atoms with Crippen molar-refractivity contribution in [3.05, 3.63) is 0 Å². The molecule has 14 nitrogen and oxygen atoms in total. The molecule has 1 saturated heterocycles. The lowest BCUT2D eigenvalue weighted by atomic mass is 10.3. The average molecular weight is 558 g/mol. The van der Waals surface area contributed by atoms with Crippen LogP contribution in [0, 0.1) is 0 Å². The van der Waals surface area contributed by atoms with Crippen LogP contribution in [0.1, 0.15) is 19.8 Å². The van der Waals surface area contributed by atoms with Gasteiger partial charge in [-0.2, -0.15) is 0 Å². The molecule has 0 bridgehead atoms. The molecule has 1 rings (SSSR count). The van der Waals surface area contributed by atoms with Gasteiger partial charge in [-0.1, -0.05) is 6.92 Å². The lowest BCUT2D eigenvalue weighted by molar-refractivity contribution is -0.140. The van der Waals surface area contributed by atoms with Gasteiger partial charge in [0.25, 0.3) is 0 Å². The number of aliphatic carboxylic acids is 2. The first-order chi connectivity index (χ1) is 18.6. The number of rotatable bonds is 16. The first-order valence-electron chi connectivity index (χ1n) is 13.6. The van der Waals surface area contributed by atoms with Crippen molar-refractivity contribution in [3.8, 4) is 0 Å². The van der Waals surface area contributed by atoms with Gasteiger partial charge in [0, 0.05) is 85.0 Å². The summed E-state index contributed by atoms with van der Waals surface area (Å²) in [6, 6.07) is 0. The molecule has 0 aromatic heterocycles. The molecule has 0 atom stereocenters. The predicted octanol–water partition coefficient (Wildman–Crippen LogP) is -2.46. The van der Waals surface area contributed by atoms with Crippen LogP contribution in [-0.2, 0) is 24.0 Å². The van der Waals surface area contributed by atoms with Crippen molar-refractivity contribution in [3.63, 3.8) is 0 Å². The maximum Gasteiger partial charge on any atom is 0.317 e. The Labute approximate surface area is 231 Å². The van der Waals surface area contributed by atoms with E-state index >= 15 is 0 Å². The van der Waals surface area contributed by atoms with Crippen molar-refractivity contribution in [2.75, 3.05) is 112 Å². The Kier molecular flexibility index (Phi) is 17.9. The van der Waals surface area contributed by atoms with Gasteiger partial charge < -0.3 is 30.5 Å². The highest BCUT2D eigenvalue weighted by molar-refractivity contribution is 5.78. The van der Waals surface area contributed by atoms with E-state index in [0.29, 0.717) is 85.0 Å². The maximum atomic E-state index is 12.7. The third-order valence-electron chi connectivity index (χ3n) is 6.46. The van der Waals surface area contributed by atoms with Crippen molar-refractivity contribution < 1.29 is 34.2 Å². The van der Waals surface area contributed by atoms with Gasteiger partial charge in [-0.15, -0.1) is 0 Å². The van der Waals surface area contributed by atoms with E-state index in [1.165, 1.54) is 0 Å². The SMILES string of the molecule is CCCC(=O)NCCN(C)CCNC(=O)CN1CCN(CC=O)CCN(CC(=O)O)CCN(CC(=O)O)CC1. The van der Waals surface area contributed by atoms with Crippen LogP contribution in [0.5, 0.6) is 0 Å². The van der Waals surface area contributed by atoms with Crippen LogP contribution >= 0.6 is 0 Å². The summed E-state index contributed by atoms with van der Waals surface area (Å²) in [5.41, 5.74) is 0. The fraction of sp³-hybridized carbons (Fsp3) is 0.800. The third kappa shape index (κ3) is 17.5. The van der Waals surface area contributed by atoms with Crippen LogP contribution in [-0.4, -0.2) is 177 Å². The zero-order chi connectivity index (χ0) is 29.0. The molecule has 0 aliphatic carbocycles. The van der Waals surface area contributed by atoms with Crippen molar-refractivity contribution in [1.82, 2.24) is 35.1 Å². The fourth-order valence-corrected chi connectivity index (χ4v) is 4.18. The largest absolute Gasteiger partial charge is 0.480 e. The topological polar surface area (TPSA) is 166 Å². The average Bonchev–Trinajstić information content (AvgIpc) is 2.85. The summed E-state index contributed by atoms with van der Waals surface area (Å²) in [4.78, 5) is 67.5. The van der Waals surface area contributed by atoms with Crippen LogP contribution < -0.4 is 10.6 Å². The summed E-state index contributed by atoms with van der Waals surface area (Å²) in [7, 11) is 1.92. The van der Waals surface area contributed by atoms with E-state index in [1.54, 1.807) is 9.80 Å². The van der Waals surface area contributed by atoms with Crippen molar-refractivity contribution in [2.24, 2.45) is 0 Å². The molecule has 0 aromatic rings. The number of carboxylic acid groups (broad SMARTS) is 2. The summed E-state index contributed by atoms with van der Waals surface area (Å²) < 4.78 is 0. The highest BCUT2D eigenvalue weighted by atomic mass is 16.4. The minimum Gasteiger partial charge on any atom is -0.480 e. The molecule has 1 aliphatic heterocycles. The van der Waals surface area contributed by atoms with Crippen LogP contribution in [0.2, 0.25) is 0 Å². The number of carboxylic acids is 2. The van der Waals surface area contributed by atoms with Crippen LogP contribution in [0.3, 0.4) is 0 Å². The summed E-state index contributed by atoms with van der Waals surface area (Å²) in [6.45, 7) is 7.79. The molecule has 39 heavy (non-hydrogen) atoms. The predicted molar refractivity (Wildman–Crippen MR) is 146 cm³/mol. The van der Waals surface area contributed by atoms with E-state index in [4.69, 9.17) is 0 Å². The Morgan fingerprint density at radius 2 is 1.13 bits per heavy atom. The molecule has 4 N–H and O–H groups in total. The van der Waals surface area contributed by atoms with Gasteiger partial charge >= 0.3 is 11.9 Å².